The molecule has 0 saturated carbocycles. The van der Waals surface area contributed by atoms with Crippen LogP contribution in [0.2, 0.25) is 0 Å². The molecule has 66 valence electrons. The number of rotatable bonds is 1. The number of hydrogen-bond donors (Lipinski definition) is 1. The van der Waals surface area contributed by atoms with Gasteiger partial charge in [-0.1, -0.05) is 0 Å². The van der Waals surface area contributed by atoms with Gasteiger partial charge in [-0.15, -0.1) is 0 Å². The molecule has 3 heteroatoms. The second-order valence-electron chi connectivity index (χ2n) is 2.74. The van der Waals surface area contributed by atoms with Crippen LogP contribution in [0.3, 0.4) is 0 Å². The highest BCUT2D eigenvalue weighted by Crippen LogP contribution is 2.24. The standard InChI is InChI=1S/C10H9FN2/c1-12-10-7-3-2-6-13-9(7)5-4-8(10)11/h2-6,12H,1H3. The van der Waals surface area contributed by atoms with E-state index in [1.807, 2.05) is 6.07 Å². The Labute approximate surface area is 75.4 Å². The molecule has 0 bridgehead atoms. The molecular weight excluding hydrogens is 167 g/mol. The highest BCUT2D eigenvalue weighted by Gasteiger charge is 2.04. The summed E-state index contributed by atoms with van der Waals surface area (Å²) in [6, 6.07) is 6.73. The lowest BCUT2D eigenvalue weighted by molar-refractivity contribution is 0.633. The number of pyridine rings is 1. The van der Waals surface area contributed by atoms with Crippen LogP contribution in [-0.2, 0) is 0 Å². The average molecular weight is 176 g/mol. The van der Waals surface area contributed by atoms with Gasteiger partial charge in [-0.05, 0) is 24.3 Å². The summed E-state index contributed by atoms with van der Waals surface area (Å²) in [4.78, 5) is 4.12. The van der Waals surface area contributed by atoms with Crippen molar-refractivity contribution >= 4 is 16.6 Å². The molecule has 0 aliphatic carbocycles. The van der Waals surface area contributed by atoms with Gasteiger partial charge >= 0.3 is 0 Å². The van der Waals surface area contributed by atoms with E-state index < -0.39 is 0 Å². The minimum Gasteiger partial charge on any atom is -0.385 e. The second-order valence-corrected chi connectivity index (χ2v) is 2.74. The summed E-state index contributed by atoms with van der Waals surface area (Å²) in [6.07, 6.45) is 1.69. The molecule has 0 spiro atoms. The second kappa shape index (κ2) is 3.01. The molecule has 1 aromatic heterocycles. The zero-order chi connectivity index (χ0) is 9.26. The number of nitrogens with one attached hydrogen (secondary N) is 1. The Balaban J connectivity index is 2.84. The zero-order valence-corrected chi connectivity index (χ0v) is 7.21. The number of hydrogen-bond acceptors (Lipinski definition) is 2. The van der Waals surface area contributed by atoms with Crippen LogP contribution in [0.15, 0.2) is 30.5 Å². The fourth-order valence-corrected chi connectivity index (χ4v) is 1.38. The largest absolute Gasteiger partial charge is 0.385 e. The first-order valence-electron chi connectivity index (χ1n) is 4.04. The Hall–Kier alpha value is -1.64. The number of fused-ring (bicyclic) bond motifs is 1. The van der Waals surface area contributed by atoms with Crippen LogP contribution in [-0.4, -0.2) is 12.0 Å². The maximum absolute atomic E-state index is 13.2. The van der Waals surface area contributed by atoms with Crippen LogP contribution >= 0.6 is 0 Å². The predicted octanol–water partition coefficient (Wildman–Crippen LogP) is 2.42. The van der Waals surface area contributed by atoms with Crippen LogP contribution in [0.1, 0.15) is 0 Å². The van der Waals surface area contributed by atoms with Crippen molar-refractivity contribution in [2.75, 3.05) is 12.4 Å². The normalized spacial score (nSPS) is 10.3. The third-order valence-electron chi connectivity index (χ3n) is 1.98. The summed E-state index contributed by atoms with van der Waals surface area (Å²) in [6.45, 7) is 0. The topological polar surface area (TPSA) is 24.9 Å². The summed E-state index contributed by atoms with van der Waals surface area (Å²) in [5, 5.41) is 3.63. The minimum absolute atomic E-state index is 0.247. The van der Waals surface area contributed by atoms with Crippen molar-refractivity contribution < 1.29 is 4.39 Å². The smallest absolute Gasteiger partial charge is 0.147 e. The highest BCUT2D eigenvalue weighted by atomic mass is 19.1. The molecule has 0 aliphatic heterocycles. The number of aromatic nitrogens is 1. The van der Waals surface area contributed by atoms with Crippen molar-refractivity contribution in [3.63, 3.8) is 0 Å². The molecule has 0 atom stereocenters. The van der Waals surface area contributed by atoms with Crippen LogP contribution in [0.25, 0.3) is 10.9 Å². The van der Waals surface area contributed by atoms with E-state index in [9.17, 15) is 4.39 Å². The van der Waals surface area contributed by atoms with Gasteiger partial charge in [0.15, 0.2) is 0 Å². The quantitative estimate of drug-likeness (QED) is 0.721. The molecule has 0 amide bonds. The zero-order valence-electron chi connectivity index (χ0n) is 7.21. The first kappa shape index (κ1) is 7.98. The fourth-order valence-electron chi connectivity index (χ4n) is 1.38. The van der Waals surface area contributed by atoms with E-state index in [4.69, 9.17) is 0 Å². The maximum atomic E-state index is 13.2. The van der Waals surface area contributed by atoms with Gasteiger partial charge in [-0.3, -0.25) is 4.98 Å². The Morgan fingerprint density at radius 1 is 1.31 bits per heavy atom. The van der Waals surface area contributed by atoms with E-state index in [2.05, 4.69) is 10.3 Å². The molecule has 2 rings (SSSR count). The first-order chi connectivity index (χ1) is 6.33. The summed E-state index contributed by atoms with van der Waals surface area (Å²) in [5.41, 5.74) is 1.30. The van der Waals surface area contributed by atoms with Crippen molar-refractivity contribution in [3.05, 3.63) is 36.3 Å². The summed E-state index contributed by atoms with van der Waals surface area (Å²) in [7, 11) is 1.70. The van der Waals surface area contributed by atoms with E-state index >= 15 is 0 Å². The van der Waals surface area contributed by atoms with Gasteiger partial charge < -0.3 is 5.32 Å². The van der Waals surface area contributed by atoms with E-state index in [1.54, 1.807) is 25.4 Å². The van der Waals surface area contributed by atoms with Crippen LogP contribution < -0.4 is 5.32 Å². The maximum Gasteiger partial charge on any atom is 0.147 e. The number of anilines is 1. The molecule has 0 saturated heterocycles. The highest BCUT2D eigenvalue weighted by molar-refractivity contribution is 5.91. The van der Waals surface area contributed by atoms with E-state index in [-0.39, 0.29) is 5.82 Å². The van der Waals surface area contributed by atoms with E-state index in [0.29, 0.717) is 5.69 Å². The summed E-state index contributed by atoms with van der Waals surface area (Å²) >= 11 is 0. The third kappa shape index (κ3) is 1.22. The number of nitrogens with zero attached hydrogens (tertiary/aromatic N) is 1. The lowest BCUT2D eigenvalue weighted by Crippen LogP contribution is -1.94. The average Bonchev–Trinajstić information content (AvgIpc) is 2.18. The first-order valence-corrected chi connectivity index (χ1v) is 4.04. The van der Waals surface area contributed by atoms with Crippen molar-refractivity contribution in [1.29, 1.82) is 0 Å². The van der Waals surface area contributed by atoms with Gasteiger partial charge in [-0.2, -0.15) is 0 Å². The molecular formula is C10H9FN2. The summed E-state index contributed by atoms with van der Waals surface area (Å²) in [5.74, 6) is -0.247. The van der Waals surface area contributed by atoms with Gasteiger partial charge in [0, 0.05) is 18.6 Å². The van der Waals surface area contributed by atoms with Gasteiger partial charge in [0.2, 0.25) is 0 Å². The van der Waals surface area contributed by atoms with E-state index in [1.165, 1.54) is 6.07 Å². The van der Waals surface area contributed by atoms with Gasteiger partial charge in [0.25, 0.3) is 0 Å². The molecule has 1 N–H and O–H groups in total. The van der Waals surface area contributed by atoms with Crippen molar-refractivity contribution in [3.8, 4) is 0 Å². The molecule has 1 aromatic carbocycles. The van der Waals surface area contributed by atoms with Crippen molar-refractivity contribution in [1.82, 2.24) is 4.98 Å². The van der Waals surface area contributed by atoms with Crippen molar-refractivity contribution in [2.24, 2.45) is 0 Å². The van der Waals surface area contributed by atoms with Crippen LogP contribution in [0, 0.1) is 5.82 Å². The molecule has 0 fully saturated rings. The molecule has 2 nitrogen and oxygen atoms in total. The third-order valence-corrected chi connectivity index (χ3v) is 1.98. The van der Waals surface area contributed by atoms with Gasteiger partial charge in [-0.25, -0.2) is 4.39 Å². The van der Waals surface area contributed by atoms with Gasteiger partial charge in [0.05, 0.1) is 11.2 Å². The number of benzene rings is 1. The Bertz CT molecular complexity index is 440. The van der Waals surface area contributed by atoms with Gasteiger partial charge in [0.1, 0.15) is 5.82 Å². The number of halogens is 1. The molecule has 0 radical (unpaired) electrons. The molecule has 0 unspecified atom stereocenters. The van der Waals surface area contributed by atoms with Crippen LogP contribution in [0.5, 0.6) is 0 Å². The SMILES string of the molecule is CNc1c(F)ccc2ncccc12. The molecule has 13 heavy (non-hydrogen) atoms. The Morgan fingerprint density at radius 2 is 2.15 bits per heavy atom. The summed E-state index contributed by atoms with van der Waals surface area (Å²) < 4.78 is 13.2. The fraction of sp³-hybridized carbons (Fsp3) is 0.100. The molecule has 1 heterocycles. The monoisotopic (exact) mass is 176 g/mol. The van der Waals surface area contributed by atoms with Crippen molar-refractivity contribution in [2.45, 2.75) is 0 Å². The van der Waals surface area contributed by atoms with Crippen LogP contribution in [0.4, 0.5) is 10.1 Å². The lowest BCUT2D eigenvalue weighted by Gasteiger charge is -2.05. The Morgan fingerprint density at radius 3 is 2.92 bits per heavy atom. The Kier molecular flexibility index (Phi) is 1.85. The molecule has 0 aliphatic rings. The molecule has 2 aromatic rings. The van der Waals surface area contributed by atoms with E-state index in [0.717, 1.165) is 10.9 Å². The lowest BCUT2D eigenvalue weighted by atomic mass is 10.2. The minimum atomic E-state index is -0.247. The predicted molar refractivity (Wildman–Crippen MR) is 51.2 cm³/mol.